The Labute approximate surface area is 220 Å². The molecule has 0 amide bonds. The van der Waals surface area contributed by atoms with Crippen LogP contribution in [0.25, 0.3) is 0 Å². The van der Waals surface area contributed by atoms with Crippen LogP contribution in [0.3, 0.4) is 0 Å². The SMILES string of the molecule is CCCC(C)C=CCC(=O)OCC(COC(=O)CCCCCC(C)C)OC(=O)CCCCC(C)CC. The Hall–Kier alpha value is -1.85. The van der Waals surface area contributed by atoms with Gasteiger partial charge in [0.1, 0.15) is 13.2 Å². The number of hydrogen-bond donors (Lipinski definition) is 0. The zero-order chi connectivity index (χ0) is 27.2. The number of carbonyl (C=O) groups excluding carboxylic acids is 3. The van der Waals surface area contributed by atoms with Crippen LogP contribution in [0.2, 0.25) is 0 Å². The Morgan fingerprint density at radius 2 is 1.33 bits per heavy atom. The zero-order valence-electron chi connectivity index (χ0n) is 24.0. The van der Waals surface area contributed by atoms with Gasteiger partial charge in [-0.15, -0.1) is 0 Å². The summed E-state index contributed by atoms with van der Waals surface area (Å²) in [4.78, 5) is 36.6. The van der Waals surface area contributed by atoms with Crippen molar-refractivity contribution in [2.45, 2.75) is 131 Å². The number of unbranched alkanes of at least 4 members (excludes halogenated alkanes) is 3. The summed E-state index contributed by atoms with van der Waals surface area (Å²) in [5.74, 6) is 0.687. The van der Waals surface area contributed by atoms with Gasteiger partial charge in [0.2, 0.25) is 0 Å². The third-order valence-electron chi connectivity index (χ3n) is 6.34. The summed E-state index contributed by atoms with van der Waals surface area (Å²) in [6, 6.07) is 0. The predicted octanol–water partition coefficient (Wildman–Crippen LogP) is 7.58. The highest BCUT2D eigenvalue weighted by molar-refractivity contribution is 5.72. The summed E-state index contributed by atoms with van der Waals surface area (Å²) in [5, 5.41) is 0. The summed E-state index contributed by atoms with van der Waals surface area (Å²) in [5.41, 5.74) is 0. The Morgan fingerprint density at radius 3 is 1.97 bits per heavy atom. The maximum absolute atomic E-state index is 12.4. The Balaban J connectivity index is 4.58. The fourth-order valence-corrected chi connectivity index (χ4v) is 3.78. The van der Waals surface area contributed by atoms with Gasteiger partial charge in [-0.05, 0) is 37.0 Å². The van der Waals surface area contributed by atoms with Crippen molar-refractivity contribution in [1.82, 2.24) is 0 Å². The molecule has 0 aromatic heterocycles. The number of esters is 3. The molecule has 0 bridgehead atoms. The van der Waals surface area contributed by atoms with Crippen molar-refractivity contribution < 1.29 is 28.6 Å². The lowest BCUT2D eigenvalue weighted by Gasteiger charge is -2.18. The van der Waals surface area contributed by atoms with Crippen molar-refractivity contribution in [3.8, 4) is 0 Å². The number of carbonyl (C=O) groups is 3. The fourth-order valence-electron chi connectivity index (χ4n) is 3.78. The molecule has 0 radical (unpaired) electrons. The van der Waals surface area contributed by atoms with Crippen molar-refractivity contribution in [1.29, 1.82) is 0 Å². The van der Waals surface area contributed by atoms with E-state index in [9.17, 15) is 14.4 Å². The number of ether oxygens (including phenoxy) is 3. The Morgan fingerprint density at radius 1 is 0.722 bits per heavy atom. The van der Waals surface area contributed by atoms with Crippen LogP contribution in [-0.4, -0.2) is 37.2 Å². The van der Waals surface area contributed by atoms with Crippen LogP contribution < -0.4 is 0 Å². The van der Waals surface area contributed by atoms with E-state index in [4.69, 9.17) is 14.2 Å². The van der Waals surface area contributed by atoms with Crippen LogP contribution in [0.1, 0.15) is 125 Å². The average molecular weight is 511 g/mol. The Bertz CT molecular complexity index is 613. The molecule has 0 saturated heterocycles. The Kier molecular flexibility index (Phi) is 21.2. The van der Waals surface area contributed by atoms with Gasteiger partial charge in [-0.3, -0.25) is 14.4 Å². The second-order valence-corrected chi connectivity index (χ2v) is 10.6. The third-order valence-corrected chi connectivity index (χ3v) is 6.34. The molecule has 6 heteroatoms. The maximum Gasteiger partial charge on any atom is 0.309 e. The first kappa shape index (κ1) is 34.1. The third kappa shape index (κ3) is 21.4. The molecule has 0 aliphatic rings. The highest BCUT2D eigenvalue weighted by Gasteiger charge is 2.19. The van der Waals surface area contributed by atoms with Gasteiger partial charge in [-0.1, -0.05) is 98.6 Å². The van der Waals surface area contributed by atoms with Crippen LogP contribution in [0.5, 0.6) is 0 Å². The van der Waals surface area contributed by atoms with Gasteiger partial charge in [0.05, 0.1) is 6.42 Å². The van der Waals surface area contributed by atoms with Crippen molar-refractivity contribution in [3.63, 3.8) is 0 Å². The van der Waals surface area contributed by atoms with Crippen molar-refractivity contribution in [2.75, 3.05) is 13.2 Å². The summed E-state index contributed by atoms with van der Waals surface area (Å²) < 4.78 is 16.2. The highest BCUT2D eigenvalue weighted by atomic mass is 16.6. The molecule has 3 unspecified atom stereocenters. The second-order valence-electron chi connectivity index (χ2n) is 10.6. The molecule has 0 aromatic rings. The first-order valence-corrected chi connectivity index (χ1v) is 14.3. The zero-order valence-corrected chi connectivity index (χ0v) is 24.0. The second kappa shape index (κ2) is 22.4. The molecule has 0 N–H and O–H groups in total. The lowest BCUT2D eigenvalue weighted by molar-refractivity contribution is -0.166. The van der Waals surface area contributed by atoms with Gasteiger partial charge >= 0.3 is 17.9 Å². The molecule has 0 aliphatic heterocycles. The van der Waals surface area contributed by atoms with E-state index in [2.05, 4.69) is 41.5 Å². The molecular weight excluding hydrogens is 456 g/mol. The van der Waals surface area contributed by atoms with Crippen LogP contribution in [-0.2, 0) is 28.6 Å². The highest BCUT2D eigenvalue weighted by Crippen LogP contribution is 2.14. The van der Waals surface area contributed by atoms with Crippen LogP contribution in [0.4, 0.5) is 0 Å². The van der Waals surface area contributed by atoms with Gasteiger partial charge in [0.15, 0.2) is 6.10 Å². The predicted molar refractivity (Wildman–Crippen MR) is 145 cm³/mol. The average Bonchev–Trinajstić information content (AvgIpc) is 2.83. The van der Waals surface area contributed by atoms with E-state index in [1.165, 1.54) is 0 Å². The summed E-state index contributed by atoms with van der Waals surface area (Å²) >= 11 is 0. The fraction of sp³-hybridized carbons (Fsp3) is 0.833. The molecule has 3 atom stereocenters. The van der Waals surface area contributed by atoms with Gasteiger partial charge in [0, 0.05) is 12.8 Å². The molecule has 36 heavy (non-hydrogen) atoms. The lowest BCUT2D eigenvalue weighted by atomic mass is 10.0. The van der Waals surface area contributed by atoms with E-state index >= 15 is 0 Å². The first-order valence-electron chi connectivity index (χ1n) is 14.3. The van der Waals surface area contributed by atoms with Gasteiger partial charge in [-0.25, -0.2) is 0 Å². The molecule has 0 heterocycles. The molecule has 0 saturated carbocycles. The summed E-state index contributed by atoms with van der Waals surface area (Å²) in [6.45, 7) is 12.8. The van der Waals surface area contributed by atoms with E-state index in [0.717, 1.165) is 64.2 Å². The van der Waals surface area contributed by atoms with Gasteiger partial charge in [0.25, 0.3) is 0 Å². The molecule has 0 rings (SSSR count). The molecule has 0 spiro atoms. The number of rotatable bonds is 22. The monoisotopic (exact) mass is 510 g/mol. The quantitative estimate of drug-likeness (QED) is 0.0646. The van der Waals surface area contributed by atoms with Crippen molar-refractivity contribution in [2.24, 2.45) is 17.8 Å². The largest absolute Gasteiger partial charge is 0.462 e. The standard InChI is InChI=1S/C30H54O6/c1-7-15-26(6)18-14-21-29(32)35-23-27(36-30(33)20-13-12-17-25(5)8-2)22-34-28(31)19-11-9-10-16-24(3)4/h14,18,24-27H,7-13,15-17,19-23H2,1-6H3. The van der Waals surface area contributed by atoms with Crippen LogP contribution in [0, 0.1) is 17.8 Å². The van der Waals surface area contributed by atoms with Crippen molar-refractivity contribution >= 4 is 17.9 Å². The van der Waals surface area contributed by atoms with E-state index < -0.39 is 6.10 Å². The minimum atomic E-state index is -0.788. The van der Waals surface area contributed by atoms with Gasteiger partial charge in [-0.2, -0.15) is 0 Å². The van der Waals surface area contributed by atoms with E-state index in [0.29, 0.717) is 30.6 Å². The molecule has 0 aliphatic carbocycles. The molecule has 210 valence electrons. The molecule has 6 nitrogen and oxygen atoms in total. The lowest BCUT2D eigenvalue weighted by Crippen LogP contribution is -2.30. The van der Waals surface area contributed by atoms with Crippen LogP contribution in [0.15, 0.2) is 12.2 Å². The summed E-state index contributed by atoms with van der Waals surface area (Å²) in [7, 11) is 0. The first-order chi connectivity index (χ1) is 17.2. The van der Waals surface area contributed by atoms with E-state index in [1.807, 2.05) is 12.2 Å². The molecular formula is C30H54O6. The molecule has 0 aromatic carbocycles. The minimum absolute atomic E-state index is 0.0971. The van der Waals surface area contributed by atoms with Crippen LogP contribution >= 0.6 is 0 Å². The van der Waals surface area contributed by atoms with Crippen molar-refractivity contribution in [3.05, 3.63) is 12.2 Å². The van der Waals surface area contributed by atoms with E-state index in [1.54, 1.807) is 0 Å². The molecule has 0 fully saturated rings. The minimum Gasteiger partial charge on any atom is -0.462 e. The topological polar surface area (TPSA) is 78.9 Å². The van der Waals surface area contributed by atoms with E-state index in [-0.39, 0.29) is 37.5 Å². The smallest absolute Gasteiger partial charge is 0.309 e. The summed E-state index contributed by atoms with van der Waals surface area (Å²) in [6.07, 6.45) is 14.0. The maximum atomic E-state index is 12.4. The normalized spacial score (nSPS) is 14.0. The number of allylic oxidation sites excluding steroid dienone is 1. The van der Waals surface area contributed by atoms with Gasteiger partial charge < -0.3 is 14.2 Å². The number of hydrogen-bond acceptors (Lipinski definition) is 6.